The molecule has 12 heteroatoms. The maximum absolute atomic E-state index is 12.8. The first kappa shape index (κ1) is 24.9. The molecule has 3 aromatic rings. The number of nitrogens with one attached hydrogen (secondary N) is 1. The molecule has 2 aliphatic rings. The molecule has 1 fully saturated rings. The van der Waals surface area contributed by atoms with Crippen molar-refractivity contribution >= 4 is 55.8 Å². The van der Waals surface area contributed by atoms with Crippen molar-refractivity contribution in [1.82, 2.24) is 14.5 Å². The molecule has 5 rings (SSSR count). The minimum atomic E-state index is -3.53. The fourth-order valence-electron chi connectivity index (χ4n) is 4.34. The van der Waals surface area contributed by atoms with Crippen LogP contribution in [0.2, 0.25) is 0 Å². The molecule has 2 amide bonds. The number of para-hydroxylation sites is 1. The third kappa shape index (κ3) is 5.31. The number of thioether (sulfide) groups is 1. The average molecular weight is 544 g/mol. The van der Waals surface area contributed by atoms with Crippen LogP contribution in [-0.2, 0) is 21.2 Å². The number of benzene rings is 2. The van der Waals surface area contributed by atoms with E-state index in [0.717, 1.165) is 31.4 Å². The van der Waals surface area contributed by atoms with Gasteiger partial charge in [0.15, 0.2) is 4.34 Å². The highest BCUT2D eigenvalue weighted by Gasteiger charge is 2.27. The van der Waals surface area contributed by atoms with Crippen molar-refractivity contribution in [2.45, 2.75) is 34.9 Å². The van der Waals surface area contributed by atoms with Gasteiger partial charge in [-0.3, -0.25) is 14.9 Å². The Morgan fingerprint density at radius 3 is 2.50 bits per heavy atom. The highest BCUT2D eigenvalue weighted by atomic mass is 32.2. The Morgan fingerprint density at radius 1 is 0.972 bits per heavy atom. The van der Waals surface area contributed by atoms with Crippen molar-refractivity contribution in [3.63, 3.8) is 0 Å². The Kier molecular flexibility index (Phi) is 7.37. The second-order valence-corrected chi connectivity index (χ2v) is 12.7. The molecule has 0 saturated carbocycles. The lowest BCUT2D eigenvalue weighted by Gasteiger charge is -2.29. The van der Waals surface area contributed by atoms with Crippen LogP contribution in [0.5, 0.6) is 0 Å². The number of hydrogen-bond donors (Lipinski definition) is 1. The van der Waals surface area contributed by atoms with Gasteiger partial charge < -0.3 is 4.90 Å². The van der Waals surface area contributed by atoms with Gasteiger partial charge in [-0.2, -0.15) is 4.31 Å². The van der Waals surface area contributed by atoms with E-state index in [-0.39, 0.29) is 16.6 Å². The molecule has 36 heavy (non-hydrogen) atoms. The van der Waals surface area contributed by atoms with Gasteiger partial charge in [-0.05, 0) is 61.6 Å². The lowest BCUT2D eigenvalue weighted by atomic mass is 10.0. The van der Waals surface area contributed by atoms with E-state index < -0.39 is 15.9 Å². The van der Waals surface area contributed by atoms with Gasteiger partial charge in [0.2, 0.25) is 21.1 Å². The minimum absolute atomic E-state index is 0.0110. The van der Waals surface area contributed by atoms with Crippen LogP contribution in [0.1, 0.15) is 35.2 Å². The van der Waals surface area contributed by atoms with Crippen molar-refractivity contribution in [2.24, 2.45) is 0 Å². The lowest BCUT2D eigenvalue weighted by molar-refractivity contribution is -0.116. The van der Waals surface area contributed by atoms with E-state index in [0.29, 0.717) is 34.7 Å². The molecule has 2 aliphatic heterocycles. The number of amides is 2. The lowest BCUT2D eigenvalue weighted by Crippen LogP contribution is -2.36. The topological polar surface area (TPSA) is 113 Å². The SMILES string of the molecule is O=C(Nc1nnc(SCC(=O)N2CCCc3ccccc32)s1)c1ccc(S(=O)(=O)N2CCCC2)cc1. The second-order valence-electron chi connectivity index (χ2n) is 8.53. The van der Waals surface area contributed by atoms with Gasteiger partial charge in [0.25, 0.3) is 5.91 Å². The molecule has 1 N–H and O–H groups in total. The van der Waals surface area contributed by atoms with Crippen LogP contribution < -0.4 is 10.2 Å². The van der Waals surface area contributed by atoms with Crippen molar-refractivity contribution in [3.8, 4) is 0 Å². The number of rotatable bonds is 7. The van der Waals surface area contributed by atoms with E-state index in [9.17, 15) is 18.0 Å². The van der Waals surface area contributed by atoms with Crippen molar-refractivity contribution in [2.75, 3.05) is 35.6 Å². The predicted molar refractivity (Wildman–Crippen MR) is 140 cm³/mol. The molecule has 0 radical (unpaired) electrons. The summed E-state index contributed by atoms with van der Waals surface area (Å²) in [6.45, 7) is 1.75. The highest BCUT2D eigenvalue weighted by molar-refractivity contribution is 8.01. The molecule has 3 heterocycles. The molecule has 188 valence electrons. The van der Waals surface area contributed by atoms with Crippen molar-refractivity contribution < 1.29 is 18.0 Å². The number of sulfonamides is 1. The molecule has 0 bridgehead atoms. The Bertz CT molecular complexity index is 1370. The maximum atomic E-state index is 12.8. The number of aromatic nitrogens is 2. The van der Waals surface area contributed by atoms with Crippen LogP contribution in [0.25, 0.3) is 0 Å². The molecule has 0 atom stereocenters. The van der Waals surface area contributed by atoms with E-state index in [1.54, 1.807) is 0 Å². The first-order valence-corrected chi connectivity index (χ1v) is 14.9. The number of aryl methyl sites for hydroxylation is 1. The fourth-order valence-corrected chi connectivity index (χ4v) is 7.48. The van der Waals surface area contributed by atoms with E-state index in [2.05, 4.69) is 21.6 Å². The number of fused-ring (bicyclic) bond motifs is 1. The van der Waals surface area contributed by atoms with Crippen LogP contribution in [-0.4, -0.2) is 60.1 Å². The first-order valence-electron chi connectivity index (χ1n) is 11.7. The zero-order valence-electron chi connectivity index (χ0n) is 19.4. The van der Waals surface area contributed by atoms with Crippen LogP contribution in [0.15, 0.2) is 57.8 Å². The summed E-state index contributed by atoms with van der Waals surface area (Å²) in [4.78, 5) is 27.5. The largest absolute Gasteiger partial charge is 0.311 e. The van der Waals surface area contributed by atoms with Crippen LogP contribution in [0.3, 0.4) is 0 Å². The molecular formula is C24H25N5O4S3. The van der Waals surface area contributed by atoms with Crippen molar-refractivity contribution in [1.29, 1.82) is 0 Å². The number of anilines is 2. The number of nitrogens with zero attached hydrogens (tertiary/aromatic N) is 4. The van der Waals surface area contributed by atoms with E-state index in [1.807, 2.05) is 23.1 Å². The molecule has 1 aromatic heterocycles. The fraction of sp³-hybridized carbons (Fsp3) is 0.333. The average Bonchev–Trinajstić information content (AvgIpc) is 3.60. The third-order valence-corrected chi connectivity index (χ3v) is 10.0. The van der Waals surface area contributed by atoms with Gasteiger partial charge in [0.05, 0.1) is 10.6 Å². The summed E-state index contributed by atoms with van der Waals surface area (Å²) in [5.41, 5.74) is 2.47. The van der Waals surface area contributed by atoms with Gasteiger partial charge in [0, 0.05) is 30.9 Å². The Labute approximate surface area is 218 Å². The number of carbonyl (C=O) groups excluding carboxylic acids is 2. The summed E-state index contributed by atoms with van der Waals surface area (Å²) in [5.74, 6) is -0.171. The third-order valence-electron chi connectivity index (χ3n) is 6.18. The maximum Gasteiger partial charge on any atom is 0.257 e. The minimum Gasteiger partial charge on any atom is -0.311 e. The van der Waals surface area contributed by atoms with Gasteiger partial charge >= 0.3 is 0 Å². The molecule has 2 aromatic carbocycles. The molecule has 0 aliphatic carbocycles. The zero-order valence-corrected chi connectivity index (χ0v) is 21.9. The van der Waals surface area contributed by atoms with Crippen LogP contribution in [0.4, 0.5) is 10.8 Å². The standard InChI is InChI=1S/C24H25N5O4S3/c30-21(29-15-5-7-17-6-1-2-8-20(17)29)16-34-24-27-26-23(35-24)25-22(31)18-9-11-19(12-10-18)36(32,33)28-13-3-4-14-28/h1-2,6,8-12H,3-5,7,13-16H2,(H,25,26,31). The summed E-state index contributed by atoms with van der Waals surface area (Å²) in [6, 6.07) is 13.9. The quantitative estimate of drug-likeness (QED) is 0.358. The number of carbonyl (C=O) groups is 2. The monoisotopic (exact) mass is 543 g/mol. The summed E-state index contributed by atoms with van der Waals surface area (Å²) >= 11 is 2.48. The molecule has 9 nitrogen and oxygen atoms in total. The van der Waals surface area contributed by atoms with Crippen LogP contribution >= 0.6 is 23.1 Å². The molecule has 0 unspecified atom stereocenters. The van der Waals surface area contributed by atoms with Gasteiger partial charge in [-0.1, -0.05) is 41.3 Å². The second kappa shape index (κ2) is 10.7. The Hall–Kier alpha value is -2.80. The van der Waals surface area contributed by atoms with Gasteiger partial charge in [-0.15, -0.1) is 10.2 Å². The number of hydrogen-bond acceptors (Lipinski definition) is 8. The zero-order chi connectivity index (χ0) is 25.1. The van der Waals surface area contributed by atoms with Gasteiger partial charge in [0.1, 0.15) is 0 Å². The smallest absolute Gasteiger partial charge is 0.257 e. The highest BCUT2D eigenvalue weighted by Crippen LogP contribution is 2.30. The van der Waals surface area contributed by atoms with Crippen LogP contribution in [0, 0.1) is 0 Å². The molecule has 1 saturated heterocycles. The van der Waals surface area contributed by atoms with E-state index in [1.165, 1.54) is 57.2 Å². The summed E-state index contributed by atoms with van der Waals surface area (Å²) in [6.07, 6.45) is 3.64. The van der Waals surface area contributed by atoms with Gasteiger partial charge in [-0.25, -0.2) is 8.42 Å². The molecule has 0 spiro atoms. The normalized spacial score (nSPS) is 16.1. The molecular weight excluding hydrogens is 518 g/mol. The first-order chi connectivity index (χ1) is 17.4. The van der Waals surface area contributed by atoms with E-state index in [4.69, 9.17) is 0 Å². The summed E-state index contributed by atoms with van der Waals surface area (Å²) < 4.78 is 27.4. The summed E-state index contributed by atoms with van der Waals surface area (Å²) in [5, 5.41) is 11.1. The Balaban J connectivity index is 1.17. The Morgan fingerprint density at radius 2 is 1.72 bits per heavy atom. The van der Waals surface area contributed by atoms with Crippen molar-refractivity contribution in [3.05, 3.63) is 59.7 Å². The van der Waals surface area contributed by atoms with E-state index >= 15 is 0 Å². The predicted octanol–water partition coefficient (Wildman–Crippen LogP) is 3.65. The summed E-state index contributed by atoms with van der Waals surface area (Å²) in [7, 11) is -3.53.